The first-order valence-electron chi connectivity index (χ1n) is 5.30. The molecule has 0 aliphatic heterocycles. The molecule has 0 radical (unpaired) electrons. The predicted octanol–water partition coefficient (Wildman–Crippen LogP) is 3.89. The molecule has 88 valence electrons. The maximum absolute atomic E-state index is 12.2. The van der Waals surface area contributed by atoms with E-state index in [-0.39, 0.29) is 5.78 Å². The monoisotopic (exact) mass is 309 g/mol. The van der Waals surface area contributed by atoms with Gasteiger partial charge in [0.1, 0.15) is 0 Å². The molecule has 0 aliphatic carbocycles. The molecule has 0 spiro atoms. The number of nitrogens with two attached hydrogens (primary N) is 1. The molecule has 2 N–H and O–H groups in total. The fourth-order valence-corrected chi connectivity index (χ4v) is 2.67. The normalized spacial score (nSPS) is 10.5. The van der Waals surface area contributed by atoms with Crippen molar-refractivity contribution in [1.29, 1.82) is 0 Å². The highest BCUT2D eigenvalue weighted by molar-refractivity contribution is 9.10. The van der Waals surface area contributed by atoms with E-state index in [4.69, 9.17) is 5.73 Å². The topological polar surface area (TPSA) is 43.1 Å². The highest BCUT2D eigenvalue weighted by Crippen LogP contribution is 2.24. The Morgan fingerprint density at radius 1 is 1.35 bits per heavy atom. The minimum absolute atomic E-state index is 0.0360. The van der Waals surface area contributed by atoms with Crippen molar-refractivity contribution >= 4 is 38.7 Å². The van der Waals surface area contributed by atoms with Gasteiger partial charge < -0.3 is 5.73 Å². The van der Waals surface area contributed by atoms with E-state index in [9.17, 15) is 4.79 Å². The highest BCUT2D eigenvalue weighted by Gasteiger charge is 2.12. The Balaban J connectivity index is 2.33. The van der Waals surface area contributed by atoms with Crippen LogP contribution in [0.1, 0.15) is 27.0 Å². The lowest BCUT2D eigenvalue weighted by atomic mass is 10.1. The van der Waals surface area contributed by atoms with Crippen molar-refractivity contribution in [2.24, 2.45) is 0 Å². The summed E-state index contributed by atoms with van der Waals surface area (Å²) in [5, 5.41) is 0. The minimum atomic E-state index is 0.0360. The lowest BCUT2D eigenvalue weighted by Gasteiger charge is -2.01. The molecule has 2 rings (SSSR count). The second-order valence-electron chi connectivity index (χ2n) is 3.68. The van der Waals surface area contributed by atoms with Crippen LogP contribution in [0, 0.1) is 0 Å². The van der Waals surface area contributed by atoms with Crippen molar-refractivity contribution in [3.63, 3.8) is 0 Å². The Hall–Kier alpha value is -1.13. The smallest absolute Gasteiger partial charge is 0.203 e. The fraction of sp³-hybridized carbons (Fsp3) is 0.154. The van der Waals surface area contributed by atoms with Gasteiger partial charge in [0.05, 0.1) is 4.88 Å². The van der Waals surface area contributed by atoms with Gasteiger partial charge in [0.15, 0.2) is 0 Å². The predicted molar refractivity (Wildman–Crippen MR) is 75.7 cm³/mol. The number of anilines is 1. The van der Waals surface area contributed by atoms with E-state index in [0.717, 1.165) is 15.8 Å². The van der Waals surface area contributed by atoms with E-state index >= 15 is 0 Å². The summed E-state index contributed by atoms with van der Waals surface area (Å²) >= 11 is 4.86. The van der Waals surface area contributed by atoms with E-state index in [0.29, 0.717) is 11.3 Å². The minimum Gasteiger partial charge on any atom is -0.398 e. The molecule has 0 saturated carbocycles. The maximum Gasteiger partial charge on any atom is 0.203 e. The zero-order valence-electron chi connectivity index (χ0n) is 9.37. The summed E-state index contributed by atoms with van der Waals surface area (Å²) < 4.78 is 0.814. The van der Waals surface area contributed by atoms with Gasteiger partial charge in [-0.05, 0) is 52.7 Å². The van der Waals surface area contributed by atoms with Gasteiger partial charge in [-0.25, -0.2) is 0 Å². The van der Waals surface area contributed by atoms with E-state index in [1.54, 1.807) is 29.5 Å². The van der Waals surface area contributed by atoms with Gasteiger partial charge in [0, 0.05) is 20.6 Å². The number of ketones is 1. The highest BCUT2D eigenvalue weighted by atomic mass is 79.9. The lowest BCUT2D eigenvalue weighted by Crippen LogP contribution is -2.00. The van der Waals surface area contributed by atoms with Crippen LogP contribution < -0.4 is 5.73 Å². The number of hydrogen-bond donors (Lipinski definition) is 1. The van der Waals surface area contributed by atoms with Crippen LogP contribution >= 0.6 is 27.3 Å². The summed E-state index contributed by atoms with van der Waals surface area (Å²) in [6.45, 7) is 2.08. The van der Waals surface area contributed by atoms with Crippen molar-refractivity contribution in [1.82, 2.24) is 0 Å². The van der Waals surface area contributed by atoms with Crippen LogP contribution in [0.25, 0.3) is 0 Å². The fourth-order valence-electron chi connectivity index (χ4n) is 1.52. The molecular weight excluding hydrogens is 298 g/mol. The molecule has 2 nitrogen and oxygen atoms in total. The Bertz CT molecular complexity index is 562. The maximum atomic E-state index is 12.2. The average Bonchev–Trinajstić information content (AvgIpc) is 2.80. The van der Waals surface area contributed by atoms with E-state index < -0.39 is 0 Å². The number of nitrogen functional groups attached to an aromatic ring is 1. The molecule has 0 amide bonds. The van der Waals surface area contributed by atoms with Crippen LogP contribution in [0.3, 0.4) is 0 Å². The molecule has 0 atom stereocenters. The van der Waals surface area contributed by atoms with Crippen LogP contribution in [0.15, 0.2) is 34.8 Å². The van der Waals surface area contributed by atoms with Crippen LogP contribution in [0.2, 0.25) is 0 Å². The van der Waals surface area contributed by atoms with Gasteiger partial charge in [0.25, 0.3) is 0 Å². The van der Waals surface area contributed by atoms with Gasteiger partial charge >= 0.3 is 0 Å². The van der Waals surface area contributed by atoms with Gasteiger partial charge in [-0.2, -0.15) is 0 Å². The number of carbonyl (C=O) groups is 1. The Morgan fingerprint density at radius 2 is 2.12 bits per heavy atom. The second-order valence-corrected chi connectivity index (χ2v) is 5.71. The molecule has 1 aromatic heterocycles. The molecule has 1 heterocycles. The largest absolute Gasteiger partial charge is 0.398 e. The first-order valence-corrected chi connectivity index (χ1v) is 6.91. The molecule has 0 fully saturated rings. The summed E-state index contributed by atoms with van der Waals surface area (Å²) in [5.74, 6) is 0.0360. The van der Waals surface area contributed by atoms with Gasteiger partial charge in [0.2, 0.25) is 5.78 Å². The van der Waals surface area contributed by atoms with Crippen LogP contribution in [0.5, 0.6) is 0 Å². The molecule has 0 aliphatic rings. The number of rotatable bonds is 3. The quantitative estimate of drug-likeness (QED) is 0.690. The lowest BCUT2D eigenvalue weighted by molar-refractivity contribution is 0.104. The molecule has 2 aromatic rings. The molecule has 4 heteroatoms. The molecule has 0 saturated heterocycles. The van der Waals surface area contributed by atoms with Crippen LogP contribution in [-0.2, 0) is 6.42 Å². The van der Waals surface area contributed by atoms with Crippen LogP contribution in [0.4, 0.5) is 5.69 Å². The summed E-state index contributed by atoms with van der Waals surface area (Å²) in [6.07, 6.45) is 0.959. The first kappa shape index (κ1) is 12.3. The summed E-state index contributed by atoms with van der Waals surface area (Å²) in [4.78, 5) is 14.2. The molecular formula is C13H12BrNOS. The summed E-state index contributed by atoms with van der Waals surface area (Å²) in [6, 6.07) is 9.17. The molecule has 0 bridgehead atoms. The number of aryl methyl sites for hydroxylation is 1. The van der Waals surface area contributed by atoms with E-state index in [1.807, 2.05) is 12.1 Å². The molecule has 17 heavy (non-hydrogen) atoms. The zero-order valence-corrected chi connectivity index (χ0v) is 11.8. The third-order valence-corrected chi connectivity index (χ3v) is 4.44. The summed E-state index contributed by atoms with van der Waals surface area (Å²) in [7, 11) is 0. The van der Waals surface area contributed by atoms with Gasteiger partial charge in [-0.15, -0.1) is 11.3 Å². The third kappa shape index (κ3) is 2.58. The van der Waals surface area contributed by atoms with Crippen molar-refractivity contribution < 1.29 is 4.79 Å². The first-order chi connectivity index (χ1) is 8.11. The van der Waals surface area contributed by atoms with E-state index in [2.05, 4.69) is 22.9 Å². The third-order valence-electron chi connectivity index (χ3n) is 2.49. The number of thiophene rings is 1. The van der Waals surface area contributed by atoms with Crippen LogP contribution in [-0.4, -0.2) is 5.78 Å². The van der Waals surface area contributed by atoms with Crippen molar-refractivity contribution in [3.8, 4) is 0 Å². The Labute approximate surface area is 113 Å². The number of carbonyl (C=O) groups excluding carboxylic acids is 1. The van der Waals surface area contributed by atoms with Gasteiger partial charge in [-0.1, -0.05) is 6.92 Å². The average molecular weight is 310 g/mol. The van der Waals surface area contributed by atoms with Crippen molar-refractivity contribution in [2.45, 2.75) is 13.3 Å². The standard InChI is InChI=1S/C13H12BrNOS/c1-2-9-4-6-12(17-9)13(16)8-3-5-10(14)11(15)7-8/h3-7H,2,15H2,1H3. The number of halogens is 1. The van der Waals surface area contributed by atoms with Crippen molar-refractivity contribution in [2.75, 3.05) is 5.73 Å². The Morgan fingerprint density at radius 3 is 2.71 bits per heavy atom. The molecule has 1 aromatic carbocycles. The number of benzene rings is 1. The van der Waals surface area contributed by atoms with E-state index in [1.165, 1.54) is 4.88 Å². The number of hydrogen-bond acceptors (Lipinski definition) is 3. The summed E-state index contributed by atoms with van der Waals surface area (Å²) in [5.41, 5.74) is 6.99. The van der Waals surface area contributed by atoms with Crippen molar-refractivity contribution in [3.05, 3.63) is 50.1 Å². The van der Waals surface area contributed by atoms with Gasteiger partial charge in [-0.3, -0.25) is 4.79 Å². The molecule has 0 unspecified atom stereocenters. The Kier molecular flexibility index (Phi) is 3.64. The second kappa shape index (κ2) is 5.02. The SMILES string of the molecule is CCc1ccc(C(=O)c2ccc(Br)c(N)c2)s1. The zero-order chi connectivity index (χ0) is 12.4.